The highest BCUT2D eigenvalue weighted by Crippen LogP contribution is 2.05. The summed E-state index contributed by atoms with van der Waals surface area (Å²) >= 11 is 0. The van der Waals surface area contributed by atoms with Crippen molar-refractivity contribution in [3.63, 3.8) is 0 Å². The van der Waals surface area contributed by atoms with Crippen molar-refractivity contribution in [1.29, 1.82) is 0 Å². The Kier molecular flexibility index (Phi) is 2.53. The van der Waals surface area contributed by atoms with Gasteiger partial charge in [0.25, 0.3) is 0 Å². The van der Waals surface area contributed by atoms with Gasteiger partial charge in [-0.3, -0.25) is 4.21 Å². The molecular weight excluding hydrogens is 164 g/mol. The quantitative estimate of drug-likeness (QED) is 0.599. The predicted octanol–water partition coefficient (Wildman–Crippen LogP) is 0.223. The van der Waals surface area contributed by atoms with Crippen molar-refractivity contribution in [1.82, 2.24) is 9.97 Å². The van der Waals surface area contributed by atoms with Gasteiger partial charge in [0.15, 0.2) is 0 Å². The molecule has 0 aliphatic rings. The third kappa shape index (κ3) is 1.98. The van der Waals surface area contributed by atoms with Crippen LogP contribution in [0.2, 0.25) is 0 Å². The topological polar surface area (TPSA) is 52.1 Å². The highest BCUT2D eigenvalue weighted by molar-refractivity contribution is 7.84. The van der Waals surface area contributed by atoms with Crippen LogP contribution in [0.1, 0.15) is 0 Å². The molecule has 5 heteroatoms. The van der Waals surface area contributed by atoms with Crippen LogP contribution in [0.15, 0.2) is 17.4 Å². The lowest BCUT2D eigenvalue weighted by Gasteiger charge is -1.97. The zero-order valence-electron chi connectivity index (χ0n) is 6.27. The summed E-state index contributed by atoms with van der Waals surface area (Å²) in [5.41, 5.74) is 0. The minimum absolute atomic E-state index is 0.296. The molecule has 0 spiro atoms. The SMILES string of the molecule is COc1ccnc(S(C)=O)n1. The minimum Gasteiger partial charge on any atom is -0.481 e. The average Bonchev–Trinajstić information content (AvgIpc) is 2.05. The summed E-state index contributed by atoms with van der Waals surface area (Å²) in [6.45, 7) is 0. The summed E-state index contributed by atoms with van der Waals surface area (Å²) in [6, 6.07) is 1.61. The van der Waals surface area contributed by atoms with Gasteiger partial charge in [0.1, 0.15) is 0 Å². The molecule has 1 heterocycles. The lowest BCUT2D eigenvalue weighted by atomic mass is 10.6. The first-order valence-electron chi connectivity index (χ1n) is 2.94. The number of aromatic nitrogens is 2. The molecule has 60 valence electrons. The van der Waals surface area contributed by atoms with Crippen molar-refractivity contribution in [2.45, 2.75) is 5.16 Å². The zero-order valence-corrected chi connectivity index (χ0v) is 7.09. The van der Waals surface area contributed by atoms with Gasteiger partial charge in [0.05, 0.1) is 17.9 Å². The van der Waals surface area contributed by atoms with Crippen LogP contribution in [0, 0.1) is 0 Å². The van der Waals surface area contributed by atoms with E-state index in [1.54, 1.807) is 6.07 Å². The Balaban J connectivity index is 3.01. The second-order valence-electron chi connectivity index (χ2n) is 1.84. The summed E-state index contributed by atoms with van der Waals surface area (Å²) in [7, 11) is 0.362. The molecule has 0 aliphatic carbocycles. The number of methoxy groups -OCH3 is 1. The van der Waals surface area contributed by atoms with Crippen LogP contribution in [0.4, 0.5) is 0 Å². The fourth-order valence-electron chi connectivity index (χ4n) is 0.577. The first-order valence-corrected chi connectivity index (χ1v) is 4.50. The molecular formula is C6H8N2O2S. The Labute approximate surface area is 67.1 Å². The lowest BCUT2D eigenvalue weighted by Crippen LogP contribution is -1.97. The van der Waals surface area contributed by atoms with Crippen LogP contribution in [-0.2, 0) is 10.8 Å². The van der Waals surface area contributed by atoms with Crippen molar-refractivity contribution >= 4 is 10.8 Å². The van der Waals surface area contributed by atoms with Gasteiger partial charge in [-0.15, -0.1) is 0 Å². The third-order valence-electron chi connectivity index (χ3n) is 1.07. The van der Waals surface area contributed by atoms with Gasteiger partial charge < -0.3 is 4.74 Å². The number of rotatable bonds is 2. The Morgan fingerprint density at radius 1 is 1.64 bits per heavy atom. The van der Waals surface area contributed by atoms with Crippen molar-refractivity contribution in [2.24, 2.45) is 0 Å². The lowest BCUT2D eigenvalue weighted by molar-refractivity contribution is 0.392. The molecule has 0 saturated heterocycles. The molecule has 1 unspecified atom stereocenters. The molecule has 0 saturated carbocycles. The number of ether oxygens (including phenoxy) is 1. The molecule has 0 radical (unpaired) electrons. The van der Waals surface area contributed by atoms with E-state index in [1.807, 2.05) is 0 Å². The maximum Gasteiger partial charge on any atom is 0.221 e. The zero-order chi connectivity index (χ0) is 8.27. The van der Waals surface area contributed by atoms with E-state index in [-0.39, 0.29) is 0 Å². The Morgan fingerprint density at radius 3 is 2.91 bits per heavy atom. The van der Waals surface area contributed by atoms with Crippen LogP contribution < -0.4 is 4.74 Å². The highest BCUT2D eigenvalue weighted by atomic mass is 32.2. The Morgan fingerprint density at radius 2 is 2.36 bits per heavy atom. The molecule has 0 aliphatic heterocycles. The van der Waals surface area contributed by atoms with E-state index in [0.29, 0.717) is 11.0 Å². The monoisotopic (exact) mass is 172 g/mol. The summed E-state index contributed by atoms with van der Waals surface area (Å²) in [6.07, 6.45) is 3.04. The molecule has 1 atom stereocenters. The third-order valence-corrected chi connectivity index (χ3v) is 1.79. The van der Waals surface area contributed by atoms with Gasteiger partial charge >= 0.3 is 0 Å². The summed E-state index contributed by atoms with van der Waals surface area (Å²) in [5, 5.41) is 0.296. The molecule has 0 bridgehead atoms. The van der Waals surface area contributed by atoms with E-state index in [1.165, 1.54) is 19.6 Å². The van der Waals surface area contributed by atoms with Crippen LogP contribution in [0.25, 0.3) is 0 Å². The van der Waals surface area contributed by atoms with Gasteiger partial charge in [-0.05, 0) is 0 Å². The maximum atomic E-state index is 10.8. The second kappa shape index (κ2) is 3.43. The van der Waals surface area contributed by atoms with E-state index in [4.69, 9.17) is 4.74 Å². The molecule has 0 aromatic carbocycles. The summed E-state index contributed by atoms with van der Waals surface area (Å²) < 4.78 is 15.7. The number of hydrogen-bond acceptors (Lipinski definition) is 4. The largest absolute Gasteiger partial charge is 0.481 e. The molecule has 1 aromatic heterocycles. The highest BCUT2D eigenvalue weighted by Gasteiger charge is 2.01. The van der Waals surface area contributed by atoms with Crippen molar-refractivity contribution in [2.75, 3.05) is 13.4 Å². The summed E-state index contributed by atoms with van der Waals surface area (Å²) in [4.78, 5) is 7.65. The van der Waals surface area contributed by atoms with Crippen molar-refractivity contribution in [3.05, 3.63) is 12.3 Å². The Hall–Kier alpha value is -0.970. The predicted molar refractivity (Wildman–Crippen MR) is 40.9 cm³/mol. The number of hydrogen-bond donors (Lipinski definition) is 0. The Bertz CT molecular complexity index is 277. The molecule has 1 aromatic rings. The van der Waals surface area contributed by atoms with Gasteiger partial charge in [0.2, 0.25) is 11.0 Å². The van der Waals surface area contributed by atoms with E-state index in [2.05, 4.69) is 9.97 Å². The summed E-state index contributed by atoms with van der Waals surface area (Å²) in [5.74, 6) is 0.435. The fraction of sp³-hybridized carbons (Fsp3) is 0.333. The molecule has 11 heavy (non-hydrogen) atoms. The van der Waals surface area contributed by atoms with E-state index in [9.17, 15) is 4.21 Å². The van der Waals surface area contributed by atoms with Crippen LogP contribution in [0.5, 0.6) is 5.88 Å². The standard InChI is InChI=1S/C6H8N2O2S/c1-10-5-3-4-7-6(8-5)11(2)9/h3-4H,1-2H3. The smallest absolute Gasteiger partial charge is 0.221 e. The first-order chi connectivity index (χ1) is 5.24. The van der Waals surface area contributed by atoms with Gasteiger partial charge in [-0.1, -0.05) is 0 Å². The molecule has 0 fully saturated rings. The van der Waals surface area contributed by atoms with Gasteiger partial charge in [-0.25, -0.2) is 4.98 Å². The van der Waals surface area contributed by atoms with Gasteiger partial charge in [0, 0.05) is 18.5 Å². The fourth-order valence-corrected chi connectivity index (χ4v) is 1.01. The van der Waals surface area contributed by atoms with Crippen molar-refractivity contribution < 1.29 is 8.95 Å². The van der Waals surface area contributed by atoms with Crippen molar-refractivity contribution in [3.8, 4) is 5.88 Å². The molecule has 1 rings (SSSR count). The van der Waals surface area contributed by atoms with E-state index < -0.39 is 10.8 Å². The number of nitrogens with zero attached hydrogens (tertiary/aromatic N) is 2. The first kappa shape index (κ1) is 8.13. The molecule has 4 nitrogen and oxygen atoms in total. The van der Waals surface area contributed by atoms with Crippen LogP contribution >= 0.6 is 0 Å². The van der Waals surface area contributed by atoms with Crippen LogP contribution in [0.3, 0.4) is 0 Å². The molecule has 0 amide bonds. The maximum absolute atomic E-state index is 10.8. The second-order valence-corrected chi connectivity index (χ2v) is 3.11. The average molecular weight is 172 g/mol. The normalized spacial score (nSPS) is 12.5. The molecule has 0 N–H and O–H groups in total. The van der Waals surface area contributed by atoms with E-state index in [0.717, 1.165) is 0 Å². The van der Waals surface area contributed by atoms with E-state index >= 15 is 0 Å². The van der Waals surface area contributed by atoms with Gasteiger partial charge in [-0.2, -0.15) is 4.98 Å². The minimum atomic E-state index is -1.14. The van der Waals surface area contributed by atoms with Crippen LogP contribution in [-0.4, -0.2) is 27.5 Å².